The van der Waals surface area contributed by atoms with Gasteiger partial charge in [-0.15, -0.1) is 0 Å². The van der Waals surface area contributed by atoms with Crippen LogP contribution in [0.15, 0.2) is 24.0 Å². The molecule has 5 heteroatoms. The maximum atomic E-state index is 11.4. The van der Waals surface area contributed by atoms with Gasteiger partial charge in [0, 0.05) is 12.3 Å². The van der Waals surface area contributed by atoms with E-state index in [2.05, 4.69) is 10.4 Å². The summed E-state index contributed by atoms with van der Waals surface area (Å²) in [5, 5.41) is 7.02. The quantitative estimate of drug-likeness (QED) is 0.704. The molecule has 0 aliphatic carbocycles. The number of carbonyl (C=O) groups excluding carboxylic acids is 1. The zero-order valence-corrected chi connectivity index (χ0v) is 7.86. The van der Waals surface area contributed by atoms with Crippen LogP contribution in [0.1, 0.15) is 6.92 Å². The van der Waals surface area contributed by atoms with E-state index in [0.717, 1.165) is 5.82 Å². The number of anilines is 1. The highest BCUT2D eigenvalue weighted by atomic mass is 16.5. The van der Waals surface area contributed by atoms with Crippen molar-refractivity contribution in [3.05, 3.63) is 24.0 Å². The Bertz CT molecular complexity index is 381. The lowest BCUT2D eigenvalue weighted by atomic mass is 10.2. The molecule has 1 aromatic heterocycles. The van der Waals surface area contributed by atoms with E-state index in [1.165, 1.54) is 0 Å². The first-order valence-electron chi connectivity index (χ1n) is 4.45. The summed E-state index contributed by atoms with van der Waals surface area (Å²) in [5.74, 6) is 0.596. The first-order chi connectivity index (χ1) is 6.81. The van der Waals surface area contributed by atoms with Gasteiger partial charge in [-0.25, -0.2) is 9.48 Å². The number of fused-ring (bicyclic) bond motifs is 1. The van der Waals surface area contributed by atoms with Crippen LogP contribution in [-0.2, 0) is 16.1 Å². The van der Waals surface area contributed by atoms with Gasteiger partial charge in [0.25, 0.3) is 0 Å². The maximum Gasteiger partial charge on any atom is 0.337 e. The fourth-order valence-electron chi connectivity index (χ4n) is 1.30. The normalized spacial score (nSPS) is 13.9. The minimum atomic E-state index is -0.291. The van der Waals surface area contributed by atoms with Gasteiger partial charge >= 0.3 is 5.97 Å². The Kier molecular flexibility index (Phi) is 2.22. The molecule has 1 aliphatic rings. The van der Waals surface area contributed by atoms with E-state index >= 15 is 0 Å². The van der Waals surface area contributed by atoms with Crippen molar-refractivity contribution in [2.45, 2.75) is 13.5 Å². The highest BCUT2D eigenvalue weighted by molar-refractivity contribution is 5.89. The number of hydrogen-bond acceptors (Lipinski definition) is 4. The summed E-state index contributed by atoms with van der Waals surface area (Å²) in [5.41, 5.74) is 0.586. The summed E-state index contributed by atoms with van der Waals surface area (Å²) < 4.78 is 6.60. The number of esters is 1. The SMILES string of the molecule is CCOC(=O)C1=CNc2ccnn2C1. The molecule has 74 valence electrons. The van der Waals surface area contributed by atoms with Gasteiger partial charge in [0.15, 0.2) is 0 Å². The average molecular weight is 193 g/mol. The largest absolute Gasteiger partial charge is 0.463 e. The van der Waals surface area contributed by atoms with Crippen LogP contribution < -0.4 is 5.32 Å². The summed E-state index contributed by atoms with van der Waals surface area (Å²) >= 11 is 0. The summed E-state index contributed by atoms with van der Waals surface area (Å²) in [6.07, 6.45) is 3.35. The number of hydrogen-bond donors (Lipinski definition) is 1. The lowest BCUT2D eigenvalue weighted by molar-refractivity contribution is -0.138. The van der Waals surface area contributed by atoms with Crippen molar-refractivity contribution in [1.29, 1.82) is 0 Å². The van der Waals surface area contributed by atoms with Gasteiger partial charge in [0.2, 0.25) is 0 Å². The standard InChI is InChI=1S/C9H11N3O2/c1-2-14-9(13)7-5-10-8-3-4-11-12(8)6-7/h3-5,10H,2,6H2,1H3. The second-order valence-corrected chi connectivity index (χ2v) is 2.91. The minimum absolute atomic E-state index is 0.291. The van der Waals surface area contributed by atoms with Crippen LogP contribution in [0.25, 0.3) is 0 Å². The van der Waals surface area contributed by atoms with E-state index in [-0.39, 0.29) is 5.97 Å². The van der Waals surface area contributed by atoms with Gasteiger partial charge < -0.3 is 10.1 Å². The van der Waals surface area contributed by atoms with Gasteiger partial charge in [-0.3, -0.25) is 0 Å². The smallest absolute Gasteiger partial charge is 0.337 e. The second-order valence-electron chi connectivity index (χ2n) is 2.91. The summed E-state index contributed by atoms with van der Waals surface area (Å²) in [6.45, 7) is 2.64. The van der Waals surface area contributed by atoms with Crippen molar-refractivity contribution in [3.8, 4) is 0 Å². The van der Waals surface area contributed by atoms with Gasteiger partial charge in [-0.1, -0.05) is 0 Å². The number of aromatic nitrogens is 2. The molecule has 0 bridgehead atoms. The van der Waals surface area contributed by atoms with E-state index in [9.17, 15) is 4.79 Å². The molecule has 0 fully saturated rings. The molecule has 0 aromatic carbocycles. The molecule has 2 rings (SSSR count). The lowest BCUT2D eigenvalue weighted by Crippen LogP contribution is -2.20. The molecule has 1 aliphatic heterocycles. The third-order valence-corrected chi connectivity index (χ3v) is 1.97. The molecular formula is C9H11N3O2. The molecule has 0 amide bonds. The van der Waals surface area contributed by atoms with Gasteiger partial charge in [-0.05, 0) is 6.92 Å². The van der Waals surface area contributed by atoms with Gasteiger partial charge in [0.05, 0.1) is 24.9 Å². The molecule has 0 radical (unpaired) electrons. The highest BCUT2D eigenvalue weighted by Crippen LogP contribution is 2.15. The van der Waals surface area contributed by atoms with E-state index in [4.69, 9.17) is 4.74 Å². The summed E-state index contributed by atoms with van der Waals surface area (Å²) in [7, 11) is 0. The van der Waals surface area contributed by atoms with Crippen LogP contribution in [-0.4, -0.2) is 22.4 Å². The molecule has 0 saturated carbocycles. The third-order valence-electron chi connectivity index (χ3n) is 1.97. The van der Waals surface area contributed by atoms with Crippen molar-refractivity contribution in [3.63, 3.8) is 0 Å². The molecule has 0 atom stereocenters. The monoisotopic (exact) mass is 193 g/mol. The number of ether oxygens (including phenoxy) is 1. The number of rotatable bonds is 2. The Morgan fingerprint density at radius 1 is 1.79 bits per heavy atom. The van der Waals surface area contributed by atoms with Crippen molar-refractivity contribution in [2.24, 2.45) is 0 Å². The van der Waals surface area contributed by atoms with E-state index < -0.39 is 0 Å². The van der Waals surface area contributed by atoms with Crippen LogP contribution in [0.3, 0.4) is 0 Å². The molecule has 0 unspecified atom stereocenters. The Balaban J connectivity index is 2.11. The van der Waals surface area contributed by atoms with Crippen LogP contribution >= 0.6 is 0 Å². The number of nitrogens with zero attached hydrogens (tertiary/aromatic N) is 2. The van der Waals surface area contributed by atoms with Crippen molar-refractivity contribution >= 4 is 11.8 Å². The Morgan fingerprint density at radius 2 is 2.64 bits per heavy atom. The first-order valence-corrected chi connectivity index (χ1v) is 4.45. The predicted molar refractivity (Wildman–Crippen MR) is 50.6 cm³/mol. The molecule has 14 heavy (non-hydrogen) atoms. The zero-order chi connectivity index (χ0) is 9.97. The van der Waals surface area contributed by atoms with Crippen molar-refractivity contribution < 1.29 is 9.53 Å². The number of nitrogens with one attached hydrogen (secondary N) is 1. The van der Waals surface area contributed by atoms with Crippen molar-refractivity contribution in [1.82, 2.24) is 9.78 Å². The molecule has 1 aromatic rings. The average Bonchev–Trinajstić information content (AvgIpc) is 2.64. The molecule has 1 N–H and O–H groups in total. The topological polar surface area (TPSA) is 56.1 Å². The maximum absolute atomic E-state index is 11.4. The zero-order valence-electron chi connectivity index (χ0n) is 7.86. The minimum Gasteiger partial charge on any atom is -0.463 e. The first kappa shape index (κ1) is 8.80. The van der Waals surface area contributed by atoms with E-state index in [1.54, 1.807) is 24.0 Å². The molecule has 0 spiro atoms. The predicted octanol–water partition coefficient (Wildman–Crippen LogP) is 0.756. The Hall–Kier alpha value is -1.78. The molecule has 5 nitrogen and oxygen atoms in total. The van der Waals surface area contributed by atoms with E-state index in [0.29, 0.717) is 18.7 Å². The van der Waals surface area contributed by atoms with Crippen LogP contribution in [0.5, 0.6) is 0 Å². The third kappa shape index (κ3) is 1.48. The Morgan fingerprint density at radius 3 is 3.43 bits per heavy atom. The molecular weight excluding hydrogens is 182 g/mol. The summed E-state index contributed by atoms with van der Waals surface area (Å²) in [4.78, 5) is 11.4. The highest BCUT2D eigenvalue weighted by Gasteiger charge is 2.16. The lowest BCUT2D eigenvalue weighted by Gasteiger charge is -2.15. The van der Waals surface area contributed by atoms with E-state index in [1.807, 2.05) is 6.07 Å². The van der Waals surface area contributed by atoms with Crippen LogP contribution in [0.4, 0.5) is 5.82 Å². The van der Waals surface area contributed by atoms with Gasteiger partial charge in [0.1, 0.15) is 5.82 Å². The Labute approximate surface area is 81.4 Å². The molecule has 2 heterocycles. The van der Waals surface area contributed by atoms with Gasteiger partial charge in [-0.2, -0.15) is 5.10 Å². The second kappa shape index (κ2) is 3.53. The van der Waals surface area contributed by atoms with Crippen LogP contribution in [0.2, 0.25) is 0 Å². The fraction of sp³-hybridized carbons (Fsp3) is 0.333. The fourth-order valence-corrected chi connectivity index (χ4v) is 1.30. The number of carbonyl (C=O) groups is 1. The van der Waals surface area contributed by atoms with Crippen LogP contribution in [0, 0.1) is 0 Å². The molecule has 0 saturated heterocycles. The van der Waals surface area contributed by atoms with Crippen molar-refractivity contribution in [2.75, 3.05) is 11.9 Å². The summed E-state index contributed by atoms with van der Waals surface area (Å²) in [6, 6.07) is 1.85.